The summed E-state index contributed by atoms with van der Waals surface area (Å²) in [6.07, 6.45) is 3.35. The third-order valence-corrected chi connectivity index (χ3v) is 4.31. The zero-order valence-electron chi connectivity index (χ0n) is 14.3. The topological polar surface area (TPSA) is 83.3 Å². The van der Waals surface area contributed by atoms with Crippen molar-refractivity contribution in [2.75, 3.05) is 24.2 Å². The number of nitrogens with zero attached hydrogens (tertiary/aromatic N) is 3. The van der Waals surface area contributed by atoms with Gasteiger partial charge < -0.3 is 16.0 Å². The van der Waals surface area contributed by atoms with Crippen molar-refractivity contribution >= 4 is 28.9 Å². The molecule has 4 rings (SSSR count). The maximum absolute atomic E-state index is 12.5. The highest BCUT2D eigenvalue weighted by molar-refractivity contribution is 6.00. The number of amides is 1. The van der Waals surface area contributed by atoms with E-state index in [0.717, 1.165) is 24.3 Å². The summed E-state index contributed by atoms with van der Waals surface area (Å²) in [5, 5.41) is 13.7. The van der Waals surface area contributed by atoms with E-state index >= 15 is 0 Å². The van der Waals surface area contributed by atoms with E-state index in [1.807, 2.05) is 13.1 Å². The van der Waals surface area contributed by atoms with E-state index in [4.69, 9.17) is 0 Å². The molecule has 1 aliphatic heterocycles. The molecule has 2 aromatic heterocycles. The van der Waals surface area contributed by atoms with Crippen LogP contribution in [0.5, 0.6) is 0 Å². The van der Waals surface area contributed by atoms with Gasteiger partial charge >= 0.3 is 0 Å². The molecule has 4 bridgehead atoms. The summed E-state index contributed by atoms with van der Waals surface area (Å²) in [5.74, 6) is 1.28. The van der Waals surface area contributed by atoms with Gasteiger partial charge in [0.2, 0.25) is 0 Å². The highest BCUT2D eigenvalue weighted by atomic mass is 16.1. The minimum absolute atomic E-state index is 0.149. The first-order valence-corrected chi connectivity index (χ1v) is 8.36. The van der Waals surface area contributed by atoms with E-state index < -0.39 is 0 Å². The molecule has 0 radical (unpaired) electrons. The number of anilines is 3. The van der Waals surface area contributed by atoms with Crippen LogP contribution in [0, 0.1) is 6.92 Å². The molecule has 0 aliphatic carbocycles. The van der Waals surface area contributed by atoms with Crippen molar-refractivity contribution in [2.24, 2.45) is 0 Å². The van der Waals surface area contributed by atoms with Gasteiger partial charge in [-0.1, -0.05) is 6.07 Å². The molecule has 0 atom stereocenters. The van der Waals surface area contributed by atoms with Crippen LogP contribution in [0.1, 0.15) is 27.9 Å². The van der Waals surface area contributed by atoms with E-state index in [0.29, 0.717) is 23.6 Å². The second kappa shape index (κ2) is 6.08. The molecule has 3 aromatic rings. The summed E-state index contributed by atoms with van der Waals surface area (Å²) in [7, 11) is 1.82. The van der Waals surface area contributed by atoms with Gasteiger partial charge in [0.1, 0.15) is 17.2 Å². The molecule has 128 valence electrons. The summed E-state index contributed by atoms with van der Waals surface area (Å²) < 4.78 is 1.64. The second-order valence-electron chi connectivity index (χ2n) is 6.26. The van der Waals surface area contributed by atoms with E-state index in [2.05, 4.69) is 51.2 Å². The number of nitrogens with one attached hydrogen (secondary N) is 3. The van der Waals surface area contributed by atoms with Crippen LogP contribution in [0.3, 0.4) is 0 Å². The lowest BCUT2D eigenvalue weighted by Gasteiger charge is -2.11. The molecule has 3 heterocycles. The quantitative estimate of drug-likeness (QED) is 0.636. The Labute approximate surface area is 145 Å². The molecule has 1 aromatic carbocycles. The molecule has 0 unspecified atom stereocenters. The summed E-state index contributed by atoms with van der Waals surface area (Å²) in [6, 6.07) is 8.28. The molecule has 1 amide bonds. The Morgan fingerprint density at radius 3 is 2.96 bits per heavy atom. The first kappa shape index (κ1) is 15.4. The van der Waals surface area contributed by atoms with Crippen LogP contribution in [-0.2, 0) is 6.42 Å². The minimum atomic E-state index is -0.149. The summed E-state index contributed by atoms with van der Waals surface area (Å²) in [5.41, 5.74) is 4.43. The zero-order valence-corrected chi connectivity index (χ0v) is 14.3. The van der Waals surface area contributed by atoms with Gasteiger partial charge in [-0.15, -0.1) is 0 Å². The first-order chi connectivity index (χ1) is 12.1. The van der Waals surface area contributed by atoms with Gasteiger partial charge in [-0.05, 0) is 43.0 Å². The largest absolute Gasteiger partial charge is 0.373 e. The van der Waals surface area contributed by atoms with Crippen LogP contribution >= 0.6 is 0 Å². The van der Waals surface area contributed by atoms with Gasteiger partial charge in [-0.2, -0.15) is 9.61 Å². The molecule has 3 N–H and O–H groups in total. The Morgan fingerprint density at radius 1 is 1.24 bits per heavy atom. The third kappa shape index (κ3) is 2.88. The number of benzene rings is 1. The number of aromatic nitrogens is 3. The molecule has 7 heteroatoms. The lowest BCUT2D eigenvalue weighted by Crippen LogP contribution is -2.24. The molecular formula is C18H20N6O. The predicted molar refractivity (Wildman–Crippen MR) is 97.6 cm³/mol. The van der Waals surface area contributed by atoms with E-state index in [9.17, 15) is 4.79 Å². The van der Waals surface area contributed by atoms with Crippen molar-refractivity contribution in [3.05, 3.63) is 47.2 Å². The molecule has 25 heavy (non-hydrogen) atoms. The third-order valence-electron chi connectivity index (χ3n) is 4.31. The van der Waals surface area contributed by atoms with Gasteiger partial charge in [-0.3, -0.25) is 4.79 Å². The lowest BCUT2D eigenvalue weighted by molar-refractivity contribution is 0.0954. The van der Waals surface area contributed by atoms with Gasteiger partial charge in [-0.25, -0.2) is 4.98 Å². The smallest absolute Gasteiger partial charge is 0.256 e. The number of hydrogen-bond acceptors (Lipinski definition) is 5. The van der Waals surface area contributed by atoms with Gasteiger partial charge in [0, 0.05) is 25.3 Å². The minimum Gasteiger partial charge on any atom is -0.373 e. The molecule has 1 aliphatic rings. The number of aryl methyl sites for hydroxylation is 2. The number of carbonyl (C=O) groups excluding carboxylic acids is 1. The van der Waals surface area contributed by atoms with Gasteiger partial charge in [0.25, 0.3) is 5.91 Å². The average Bonchev–Trinajstić information content (AvgIpc) is 3.00. The fourth-order valence-electron chi connectivity index (χ4n) is 3.18. The number of fused-ring (bicyclic) bond motifs is 3. The molecule has 7 nitrogen and oxygen atoms in total. The normalized spacial score (nSPS) is 14.2. The maximum atomic E-state index is 12.5. The standard InChI is InChI=1S/C18H20N6O/c1-11-6-12-4-3-5-20-18(25)14-10-21-24-16(19-2)9-15(23-17(14)24)22-13(7-11)8-12/h6-10,19H,3-5H2,1-2H3,(H,20,25)(H,22,23). The van der Waals surface area contributed by atoms with Crippen LogP contribution in [0.2, 0.25) is 0 Å². The molecule has 0 fully saturated rings. The SMILES string of the molecule is CNc1cc2nc3c(cnn13)C(=O)NCCCc1cc(C)cc(c1)N2. The van der Waals surface area contributed by atoms with Crippen LogP contribution in [0.15, 0.2) is 30.5 Å². The van der Waals surface area contributed by atoms with Crippen molar-refractivity contribution in [3.63, 3.8) is 0 Å². The molecule has 0 saturated heterocycles. The van der Waals surface area contributed by atoms with Crippen molar-refractivity contribution in [1.29, 1.82) is 0 Å². The highest BCUT2D eigenvalue weighted by Crippen LogP contribution is 2.24. The Kier molecular flexibility index (Phi) is 3.76. The Balaban J connectivity index is 1.89. The average molecular weight is 336 g/mol. The predicted octanol–water partition coefficient (Wildman–Crippen LogP) is 2.50. The Hall–Kier alpha value is -3.09. The maximum Gasteiger partial charge on any atom is 0.256 e. The first-order valence-electron chi connectivity index (χ1n) is 8.36. The number of hydrogen-bond donors (Lipinski definition) is 3. The summed E-state index contributed by atoms with van der Waals surface area (Å²) in [6.45, 7) is 2.70. The number of carbonyl (C=O) groups is 1. The van der Waals surface area contributed by atoms with Crippen LogP contribution < -0.4 is 16.0 Å². The second-order valence-corrected chi connectivity index (χ2v) is 6.26. The van der Waals surface area contributed by atoms with Crippen molar-refractivity contribution in [3.8, 4) is 0 Å². The monoisotopic (exact) mass is 336 g/mol. The molecule has 0 saturated carbocycles. The van der Waals surface area contributed by atoms with Crippen molar-refractivity contribution in [1.82, 2.24) is 19.9 Å². The molecular weight excluding hydrogens is 316 g/mol. The summed E-state index contributed by atoms with van der Waals surface area (Å²) in [4.78, 5) is 17.1. The van der Waals surface area contributed by atoms with Crippen LogP contribution in [0.4, 0.5) is 17.3 Å². The van der Waals surface area contributed by atoms with Crippen molar-refractivity contribution in [2.45, 2.75) is 19.8 Å². The highest BCUT2D eigenvalue weighted by Gasteiger charge is 2.17. The fourth-order valence-corrected chi connectivity index (χ4v) is 3.18. The van der Waals surface area contributed by atoms with E-state index in [-0.39, 0.29) is 5.91 Å². The van der Waals surface area contributed by atoms with Gasteiger partial charge in [0.15, 0.2) is 5.65 Å². The van der Waals surface area contributed by atoms with E-state index in [1.54, 1.807) is 10.7 Å². The Bertz CT molecular complexity index is 962. The van der Waals surface area contributed by atoms with Crippen LogP contribution in [-0.4, -0.2) is 34.1 Å². The van der Waals surface area contributed by atoms with Gasteiger partial charge in [0.05, 0.1) is 6.20 Å². The van der Waals surface area contributed by atoms with Crippen LogP contribution in [0.25, 0.3) is 5.65 Å². The Morgan fingerprint density at radius 2 is 2.12 bits per heavy atom. The van der Waals surface area contributed by atoms with E-state index in [1.165, 1.54) is 11.1 Å². The summed E-state index contributed by atoms with van der Waals surface area (Å²) >= 11 is 0. The number of rotatable bonds is 1. The fraction of sp³-hybridized carbons (Fsp3) is 0.278. The molecule has 0 spiro atoms. The van der Waals surface area contributed by atoms with Crippen molar-refractivity contribution < 1.29 is 4.79 Å². The lowest BCUT2D eigenvalue weighted by atomic mass is 10.1. The zero-order chi connectivity index (χ0) is 17.4.